The Morgan fingerprint density at radius 3 is 2.63 bits per heavy atom. The number of fused-ring (bicyclic) bond motifs is 5. The van der Waals surface area contributed by atoms with Gasteiger partial charge in [0, 0.05) is 43.9 Å². The maximum Gasteiger partial charge on any atom is 0.410 e. The van der Waals surface area contributed by atoms with Crippen LogP contribution in [0.25, 0.3) is 32.9 Å². The van der Waals surface area contributed by atoms with Crippen LogP contribution in [-0.4, -0.2) is 101 Å². The predicted octanol–water partition coefficient (Wildman–Crippen LogP) is 6.87. The maximum absolute atomic E-state index is 17.1. The Balaban J connectivity index is 1.22. The number of rotatable bonds is 8. The molecule has 1 unspecified atom stereocenters. The average molecular weight is 715 g/mol. The van der Waals surface area contributed by atoms with E-state index in [1.807, 2.05) is 25.7 Å². The molecule has 11 nitrogen and oxygen atoms in total. The van der Waals surface area contributed by atoms with E-state index < -0.39 is 17.2 Å². The number of ether oxygens (including phenoxy) is 4. The van der Waals surface area contributed by atoms with E-state index in [9.17, 15) is 4.79 Å². The van der Waals surface area contributed by atoms with Gasteiger partial charge in [-0.15, -0.1) is 0 Å². The molecule has 0 saturated carbocycles. The molecule has 0 spiro atoms. The van der Waals surface area contributed by atoms with E-state index in [4.69, 9.17) is 23.9 Å². The van der Waals surface area contributed by atoms with Gasteiger partial charge in [0.15, 0.2) is 12.6 Å². The summed E-state index contributed by atoms with van der Waals surface area (Å²) in [6.07, 6.45) is 5.69. The predicted molar refractivity (Wildman–Crippen MR) is 193 cm³/mol. The summed E-state index contributed by atoms with van der Waals surface area (Å²) in [5.74, 6) is -0.398. The summed E-state index contributed by atoms with van der Waals surface area (Å²) in [6, 6.07) is 7.74. The molecule has 0 radical (unpaired) electrons. The number of methoxy groups -OCH3 is 1. The van der Waals surface area contributed by atoms with E-state index >= 15 is 8.78 Å². The molecule has 4 aliphatic heterocycles. The Labute approximate surface area is 301 Å². The van der Waals surface area contributed by atoms with Gasteiger partial charge in [-0.1, -0.05) is 24.3 Å². The van der Waals surface area contributed by atoms with Gasteiger partial charge in [-0.25, -0.2) is 13.6 Å². The number of amides is 1. The normalized spacial score (nSPS) is 23.2. The van der Waals surface area contributed by atoms with Crippen molar-refractivity contribution in [2.45, 2.75) is 76.1 Å². The fraction of sp³-hybridized carbons (Fsp3) is 0.487. The number of nitrogens with zero attached hydrogens (tertiary/aromatic N) is 6. The number of pyridine rings is 1. The molecule has 2 aromatic carbocycles. The van der Waals surface area contributed by atoms with Crippen molar-refractivity contribution in [3.05, 3.63) is 60.3 Å². The molecule has 52 heavy (non-hydrogen) atoms. The van der Waals surface area contributed by atoms with E-state index in [0.29, 0.717) is 42.0 Å². The second kappa shape index (κ2) is 13.1. The Morgan fingerprint density at radius 2 is 1.88 bits per heavy atom. The van der Waals surface area contributed by atoms with Crippen LogP contribution in [-0.2, 0) is 9.47 Å². The van der Waals surface area contributed by atoms with Crippen LogP contribution >= 0.6 is 0 Å². The minimum atomic E-state index is -0.732. The summed E-state index contributed by atoms with van der Waals surface area (Å²) >= 11 is 0. The van der Waals surface area contributed by atoms with Crippen molar-refractivity contribution in [1.82, 2.24) is 24.8 Å². The van der Waals surface area contributed by atoms with Gasteiger partial charge in [0.1, 0.15) is 40.8 Å². The number of carbonyl (C=O) groups excluding carboxylic acids is 1. The summed E-state index contributed by atoms with van der Waals surface area (Å²) in [4.78, 5) is 33.8. The molecule has 3 atom stereocenters. The summed E-state index contributed by atoms with van der Waals surface area (Å²) in [5.41, 5.74) is 0.499. The third kappa shape index (κ3) is 6.17. The van der Waals surface area contributed by atoms with Crippen LogP contribution in [0.1, 0.15) is 52.9 Å². The number of halogens is 2. The van der Waals surface area contributed by atoms with Crippen molar-refractivity contribution < 1.29 is 32.5 Å². The molecular weight excluding hydrogens is 670 g/mol. The molecule has 2 aromatic heterocycles. The quantitative estimate of drug-likeness (QED) is 0.142. The number of aromatic nitrogens is 3. The number of anilines is 1. The van der Waals surface area contributed by atoms with E-state index in [2.05, 4.69) is 26.3 Å². The maximum atomic E-state index is 17.1. The molecule has 1 amide bonds. The number of benzene rings is 2. The van der Waals surface area contributed by atoms with Crippen molar-refractivity contribution >= 4 is 33.6 Å². The third-order valence-corrected chi connectivity index (χ3v) is 10.7. The first-order chi connectivity index (χ1) is 24.9. The number of hydrogen-bond donors (Lipinski definition) is 0. The molecule has 4 aromatic rings. The molecule has 274 valence electrons. The third-order valence-electron chi connectivity index (χ3n) is 10.7. The minimum absolute atomic E-state index is 0.0104. The molecule has 6 heterocycles. The van der Waals surface area contributed by atoms with Gasteiger partial charge >= 0.3 is 12.1 Å². The molecular formula is C39H44F2N6O5. The zero-order valence-corrected chi connectivity index (χ0v) is 30.1. The first kappa shape index (κ1) is 34.5. The standard InChI is InChI=1S/C39H44F2N6O5/c1-23-16-39(12-7-13-46(39)18-23)21-50-36-43-34-29(35(44-36)45-19-25-10-11-26(20-45)47(25)37(48)52-38(2,3)4)17-42-33(32(34)41)28-15-27(51-22-49-5)14-24-8-6-9-30(40)31(24)28/h6,8-9,14-15,17,25-26H,1,7,10-13,16,18-22H2,2-5H3/t25-,26+,39?. The lowest BCUT2D eigenvalue weighted by Gasteiger charge is -2.42. The van der Waals surface area contributed by atoms with Crippen LogP contribution in [0.15, 0.2) is 48.7 Å². The average Bonchev–Trinajstić information content (AvgIpc) is 3.72. The fourth-order valence-electron chi connectivity index (χ4n) is 8.60. The second-order valence-corrected chi connectivity index (χ2v) is 15.5. The topological polar surface area (TPSA) is 102 Å². The van der Waals surface area contributed by atoms with Gasteiger partial charge in [-0.3, -0.25) is 14.8 Å². The molecule has 0 N–H and O–H groups in total. The first-order valence-electron chi connectivity index (χ1n) is 17.9. The molecule has 4 saturated heterocycles. The zero-order valence-electron chi connectivity index (χ0n) is 30.1. The van der Waals surface area contributed by atoms with Gasteiger partial charge in [-0.2, -0.15) is 9.97 Å². The molecule has 4 aliphatic rings. The Kier molecular flexibility index (Phi) is 8.68. The molecule has 13 heteroatoms. The van der Waals surface area contributed by atoms with Crippen molar-refractivity contribution in [3.63, 3.8) is 0 Å². The van der Waals surface area contributed by atoms with Gasteiger partial charge in [0.25, 0.3) is 0 Å². The monoisotopic (exact) mass is 714 g/mol. The smallest absolute Gasteiger partial charge is 0.410 e. The molecule has 8 rings (SSSR count). The van der Waals surface area contributed by atoms with Gasteiger partial charge < -0.3 is 23.8 Å². The van der Waals surface area contributed by atoms with Crippen molar-refractivity contribution in [3.8, 4) is 23.0 Å². The highest BCUT2D eigenvalue weighted by Crippen LogP contribution is 2.43. The number of piperazine rings is 1. The Hall–Kier alpha value is -4.62. The summed E-state index contributed by atoms with van der Waals surface area (Å²) < 4.78 is 55.6. The van der Waals surface area contributed by atoms with Crippen LogP contribution in [0.2, 0.25) is 0 Å². The Bertz CT molecular complexity index is 2060. The first-order valence-corrected chi connectivity index (χ1v) is 17.9. The molecule has 0 aliphatic carbocycles. The largest absolute Gasteiger partial charge is 0.468 e. The van der Waals surface area contributed by atoms with Crippen molar-refractivity contribution in [1.29, 1.82) is 0 Å². The van der Waals surface area contributed by atoms with Gasteiger partial charge in [0.2, 0.25) is 0 Å². The van der Waals surface area contributed by atoms with Crippen LogP contribution in [0.3, 0.4) is 0 Å². The lowest BCUT2D eigenvalue weighted by Crippen LogP contribution is -2.57. The fourth-order valence-corrected chi connectivity index (χ4v) is 8.60. The highest BCUT2D eigenvalue weighted by Gasteiger charge is 2.47. The lowest BCUT2D eigenvalue weighted by atomic mass is 9.94. The summed E-state index contributed by atoms with van der Waals surface area (Å²) in [5, 5.41) is 1.12. The highest BCUT2D eigenvalue weighted by molar-refractivity contribution is 6.00. The van der Waals surface area contributed by atoms with E-state index in [0.717, 1.165) is 45.2 Å². The van der Waals surface area contributed by atoms with E-state index in [1.54, 1.807) is 30.5 Å². The van der Waals surface area contributed by atoms with Crippen LogP contribution < -0.4 is 14.4 Å². The van der Waals surface area contributed by atoms with Crippen molar-refractivity contribution in [2.24, 2.45) is 0 Å². The summed E-state index contributed by atoms with van der Waals surface area (Å²) in [6.45, 7) is 12.9. The van der Waals surface area contributed by atoms with Gasteiger partial charge in [0.05, 0.1) is 23.0 Å². The molecule has 4 fully saturated rings. The number of hydrogen-bond acceptors (Lipinski definition) is 10. The number of carbonyl (C=O) groups is 1. The van der Waals surface area contributed by atoms with E-state index in [-0.39, 0.29) is 58.7 Å². The SMILES string of the molecule is C=C1CN2CCCC2(COc2nc(N3C[C@H]4CC[C@@H](C3)N4C(=O)OC(C)(C)C)c3cnc(-c4cc(OCOC)cc5cccc(F)c45)c(F)c3n2)C1. The molecule has 2 bridgehead atoms. The highest BCUT2D eigenvalue weighted by atomic mass is 19.1. The van der Waals surface area contributed by atoms with Crippen LogP contribution in [0.5, 0.6) is 11.8 Å². The van der Waals surface area contributed by atoms with E-state index in [1.165, 1.54) is 18.7 Å². The minimum Gasteiger partial charge on any atom is -0.468 e. The van der Waals surface area contributed by atoms with Crippen LogP contribution in [0, 0.1) is 11.6 Å². The Morgan fingerprint density at radius 1 is 1.10 bits per heavy atom. The van der Waals surface area contributed by atoms with Gasteiger partial charge in [-0.05, 0) is 83.0 Å². The zero-order chi connectivity index (χ0) is 36.4. The summed E-state index contributed by atoms with van der Waals surface area (Å²) in [7, 11) is 1.50. The van der Waals surface area contributed by atoms with Crippen molar-refractivity contribution in [2.75, 3.05) is 51.6 Å². The van der Waals surface area contributed by atoms with Crippen LogP contribution in [0.4, 0.5) is 19.4 Å². The second-order valence-electron chi connectivity index (χ2n) is 15.5. The lowest BCUT2D eigenvalue weighted by molar-refractivity contribution is 0.0122.